The molecule has 21 heavy (non-hydrogen) atoms. The van der Waals surface area contributed by atoms with Crippen LogP contribution in [0.15, 0.2) is 23.1 Å². The first-order valence-corrected chi connectivity index (χ1v) is 8.37. The second-order valence-electron chi connectivity index (χ2n) is 5.26. The molecule has 0 fully saturated rings. The summed E-state index contributed by atoms with van der Waals surface area (Å²) in [6, 6.07) is 4.74. The molecule has 0 heterocycles. The number of nitrogen functional groups attached to an aromatic ring is 1. The highest BCUT2D eigenvalue weighted by Gasteiger charge is 2.17. The number of benzene rings is 1. The van der Waals surface area contributed by atoms with E-state index in [2.05, 4.69) is 23.5 Å². The molecule has 0 atom stereocenters. The van der Waals surface area contributed by atoms with E-state index in [0.717, 1.165) is 12.2 Å². The van der Waals surface area contributed by atoms with Crippen LogP contribution in [-0.2, 0) is 14.8 Å². The van der Waals surface area contributed by atoms with Crippen LogP contribution in [0.5, 0.6) is 0 Å². The second-order valence-corrected chi connectivity index (χ2v) is 7.15. The SMILES string of the molecule is CNS(=O)(=O)c1ccc(N)c(N(CCOC)CC(C)C)c1. The van der Waals surface area contributed by atoms with Crippen molar-refractivity contribution in [2.45, 2.75) is 18.7 Å². The number of nitrogens with two attached hydrogens (primary N) is 1. The monoisotopic (exact) mass is 315 g/mol. The van der Waals surface area contributed by atoms with Crippen molar-refractivity contribution in [2.24, 2.45) is 5.92 Å². The number of nitrogens with one attached hydrogen (secondary N) is 1. The van der Waals surface area contributed by atoms with E-state index in [1.165, 1.54) is 13.1 Å². The molecule has 0 spiro atoms. The van der Waals surface area contributed by atoms with Gasteiger partial charge in [-0.15, -0.1) is 0 Å². The molecule has 0 unspecified atom stereocenters. The maximum absolute atomic E-state index is 11.9. The van der Waals surface area contributed by atoms with Crippen molar-refractivity contribution in [3.05, 3.63) is 18.2 Å². The van der Waals surface area contributed by atoms with Crippen molar-refractivity contribution < 1.29 is 13.2 Å². The van der Waals surface area contributed by atoms with E-state index in [1.807, 2.05) is 0 Å². The molecular weight excluding hydrogens is 290 g/mol. The molecule has 0 aliphatic carbocycles. The van der Waals surface area contributed by atoms with Gasteiger partial charge in [-0.05, 0) is 31.2 Å². The van der Waals surface area contributed by atoms with Gasteiger partial charge in [-0.3, -0.25) is 0 Å². The first-order chi connectivity index (χ1) is 9.81. The Kier molecular flexibility index (Phi) is 6.44. The van der Waals surface area contributed by atoms with Gasteiger partial charge in [-0.25, -0.2) is 13.1 Å². The Morgan fingerprint density at radius 1 is 1.38 bits per heavy atom. The summed E-state index contributed by atoms with van der Waals surface area (Å²) >= 11 is 0. The number of anilines is 2. The van der Waals surface area contributed by atoms with Gasteiger partial charge in [0.15, 0.2) is 0 Å². The molecule has 7 heteroatoms. The smallest absolute Gasteiger partial charge is 0.240 e. The molecule has 0 saturated heterocycles. The van der Waals surface area contributed by atoms with Crippen molar-refractivity contribution in [1.29, 1.82) is 0 Å². The number of hydrogen-bond acceptors (Lipinski definition) is 5. The second kappa shape index (κ2) is 7.63. The summed E-state index contributed by atoms with van der Waals surface area (Å²) < 4.78 is 31.3. The third-order valence-electron chi connectivity index (χ3n) is 3.07. The van der Waals surface area contributed by atoms with Crippen LogP contribution < -0.4 is 15.4 Å². The lowest BCUT2D eigenvalue weighted by Crippen LogP contribution is -2.32. The fraction of sp³-hybridized carbons (Fsp3) is 0.571. The van der Waals surface area contributed by atoms with E-state index in [9.17, 15) is 8.42 Å². The minimum Gasteiger partial charge on any atom is -0.397 e. The zero-order valence-corrected chi connectivity index (χ0v) is 13.9. The van der Waals surface area contributed by atoms with Gasteiger partial charge < -0.3 is 15.4 Å². The summed E-state index contributed by atoms with van der Waals surface area (Å²) in [7, 11) is -0.455. The van der Waals surface area contributed by atoms with Gasteiger partial charge in [0.05, 0.1) is 22.9 Å². The van der Waals surface area contributed by atoms with Gasteiger partial charge in [0, 0.05) is 20.2 Å². The molecule has 0 aliphatic rings. The Morgan fingerprint density at radius 3 is 2.57 bits per heavy atom. The predicted molar refractivity (Wildman–Crippen MR) is 86.0 cm³/mol. The molecule has 0 bridgehead atoms. The Labute approximate surface area is 127 Å². The Bertz CT molecular complexity index is 559. The average molecular weight is 315 g/mol. The summed E-state index contributed by atoms with van der Waals surface area (Å²) in [5.74, 6) is 0.422. The fourth-order valence-corrected chi connectivity index (χ4v) is 2.78. The molecule has 1 aromatic rings. The highest BCUT2D eigenvalue weighted by Crippen LogP contribution is 2.27. The van der Waals surface area contributed by atoms with E-state index >= 15 is 0 Å². The first-order valence-electron chi connectivity index (χ1n) is 6.88. The zero-order valence-electron chi connectivity index (χ0n) is 13.1. The predicted octanol–water partition coefficient (Wildman–Crippen LogP) is 1.29. The van der Waals surface area contributed by atoms with Crippen LogP contribution in [0.1, 0.15) is 13.8 Å². The third-order valence-corrected chi connectivity index (χ3v) is 4.48. The molecule has 120 valence electrons. The lowest BCUT2D eigenvalue weighted by atomic mass is 10.1. The van der Waals surface area contributed by atoms with Crippen molar-refractivity contribution in [2.75, 3.05) is 44.5 Å². The molecule has 0 saturated carbocycles. The summed E-state index contributed by atoms with van der Waals surface area (Å²) in [5, 5.41) is 0. The molecule has 0 aliphatic heterocycles. The van der Waals surface area contributed by atoms with Crippen LogP contribution in [0.25, 0.3) is 0 Å². The van der Waals surface area contributed by atoms with E-state index in [-0.39, 0.29) is 4.90 Å². The number of ether oxygens (including phenoxy) is 1. The van der Waals surface area contributed by atoms with Crippen molar-refractivity contribution in [3.8, 4) is 0 Å². The first kappa shape index (κ1) is 17.7. The fourth-order valence-electron chi connectivity index (χ4n) is 2.03. The molecule has 1 aromatic carbocycles. The van der Waals surface area contributed by atoms with Gasteiger partial charge in [-0.1, -0.05) is 13.8 Å². The van der Waals surface area contributed by atoms with Gasteiger partial charge in [-0.2, -0.15) is 0 Å². The third kappa shape index (κ3) is 4.87. The van der Waals surface area contributed by atoms with Gasteiger partial charge in [0.2, 0.25) is 10.0 Å². The van der Waals surface area contributed by atoms with Gasteiger partial charge >= 0.3 is 0 Å². The standard InChI is InChI=1S/C14H25N3O3S/c1-11(2)10-17(7-8-20-4)14-9-12(5-6-13(14)15)21(18,19)16-3/h5-6,9,11,16H,7-8,10,15H2,1-4H3. The Hall–Kier alpha value is -1.31. The largest absolute Gasteiger partial charge is 0.397 e. The van der Waals surface area contributed by atoms with Crippen LogP contribution >= 0.6 is 0 Å². The number of methoxy groups -OCH3 is 1. The van der Waals surface area contributed by atoms with Crippen LogP contribution in [-0.4, -0.2) is 42.3 Å². The van der Waals surface area contributed by atoms with Crippen LogP contribution in [0.3, 0.4) is 0 Å². The highest BCUT2D eigenvalue weighted by molar-refractivity contribution is 7.89. The normalized spacial score (nSPS) is 11.9. The maximum Gasteiger partial charge on any atom is 0.240 e. The minimum atomic E-state index is -3.48. The summed E-state index contributed by atoms with van der Waals surface area (Å²) in [4.78, 5) is 2.26. The maximum atomic E-state index is 11.9. The van der Waals surface area contributed by atoms with E-state index in [4.69, 9.17) is 10.5 Å². The number of rotatable bonds is 8. The van der Waals surface area contributed by atoms with Crippen molar-refractivity contribution in [1.82, 2.24) is 4.72 Å². The Balaban J connectivity index is 3.20. The molecule has 1 rings (SSSR count). The number of hydrogen-bond donors (Lipinski definition) is 2. The van der Waals surface area contributed by atoms with Crippen LogP contribution in [0.2, 0.25) is 0 Å². The molecule has 0 amide bonds. The molecule has 6 nitrogen and oxygen atoms in total. The van der Waals surface area contributed by atoms with Gasteiger partial charge in [0.1, 0.15) is 0 Å². The molecule has 0 radical (unpaired) electrons. The molecule has 0 aromatic heterocycles. The summed E-state index contributed by atoms with van der Waals surface area (Å²) in [6.45, 7) is 6.18. The number of sulfonamides is 1. The average Bonchev–Trinajstić information content (AvgIpc) is 2.43. The minimum absolute atomic E-state index is 0.209. The number of nitrogens with zero attached hydrogens (tertiary/aromatic N) is 1. The van der Waals surface area contributed by atoms with Crippen molar-refractivity contribution in [3.63, 3.8) is 0 Å². The summed E-state index contributed by atoms with van der Waals surface area (Å²) in [5.41, 5.74) is 7.30. The Morgan fingerprint density at radius 2 is 2.05 bits per heavy atom. The lowest BCUT2D eigenvalue weighted by Gasteiger charge is -2.28. The summed E-state index contributed by atoms with van der Waals surface area (Å²) in [6.07, 6.45) is 0. The van der Waals surface area contributed by atoms with Crippen molar-refractivity contribution >= 4 is 21.4 Å². The van der Waals surface area contributed by atoms with E-state index in [1.54, 1.807) is 19.2 Å². The van der Waals surface area contributed by atoms with E-state index < -0.39 is 10.0 Å². The van der Waals surface area contributed by atoms with Crippen LogP contribution in [0.4, 0.5) is 11.4 Å². The van der Waals surface area contributed by atoms with Gasteiger partial charge in [0.25, 0.3) is 0 Å². The van der Waals surface area contributed by atoms with Crippen LogP contribution in [0, 0.1) is 5.92 Å². The molecule has 3 N–H and O–H groups in total. The lowest BCUT2D eigenvalue weighted by molar-refractivity contribution is 0.204. The zero-order chi connectivity index (χ0) is 16.0. The molecular formula is C14H25N3O3S. The topological polar surface area (TPSA) is 84.7 Å². The van der Waals surface area contributed by atoms with E-state index in [0.29, 0.717) is 24.8 Å². The quantitative estimate of drug-likeness (QED) is 0.706. The highest BCUT2D eigenvalue weighted by atomic mass is 32.2.